The van der Waals surface area contributed by atoms with Gasteiger partial charge in [0.2, 0.25) is 23.6 Å². The predicted molar refractivity (Wildman–Crippen MR) is 341 cm³/mol. The third kappa shape index (κ3) is 59.5. The first kappa shape index (κ1) is 82.5. The van der Waals surface area contributed by atoms with Crippen LogP contribution in [0.4, 0.5) is 0 Å². The van der Waals surface area contributed by atoms with Gasteiger partial charge in [-0.1, -0.05) is 147 Å². The Hall–Kier alpha value is -3.48. The molecule has 0 aromatic carbocycles. The highest BCUT2D eigenvalue weighted by atomic mass is 31.2. The monoisotopic (exact) mass is 1260 g/mol. The van der Waals surface area contributed by atoms with E-state index in [-0.39, 0.29) is 82.6 Å². The van der Waals surface area contributed by atoms with Crippen LogP contribution in [0.3, 0.4) is 0 Å². The maximum atomic E-state index is 13.0. The Bertz CT molecular complexity index is 1870. The van der Waals surface area contributed by atoms with Gasteiger partial charge < -0.3 is 49.8 Å². The molecule has 0 aromatic rings. The van der Waals surface area contributed by atoms with Crippen molar-refractivity contribution in [2.45, 2.75) is 283 Å². The quantitative estimate of drug-likeness (QED) is 0.0143. The number of carbonyl (C=O) groups is 6. The van der Waals surface area contributed by atoms with Crippen LogP contribution < -0.4 is 21.3 Å². The van der Waals surface area contributed by atoms with Crippen molar-refractivity contribution in [3.8, 4) is 0 Å². The summed E-state index contributed by atoms with van der Waals surface area (Å²) in [6, 6.07) is -0.775. The molecule has 4 amide bonds. The Kier molecular flexibility index (Phi) is 56.8. The second-order valence-corrected chi connectivity index (χ2v) is 26.0. The highest BCUT2D eigenvalue weighted by Gasteiger charge is 2.27. The van der Waals surface area contributed by atoms with E-state index in [0.717, 1.165) is 96.6 Å². The molecule has 0 saturated carbocycles. The molecule has 4 atom stereocenters. The maximum absolute atomic E-state index is 13.0. The van der Waals surface area contributed by atoms with Crippen molar-refractivity contribution in [2.24, 2.45) is 0 Å². The molecule has 0 rings (SSSR count). The number of unbranched alkanes of at least 4 members (excludes halogenated alkanes) is 26. The number of allylic oxidation sites excluding steroid dienone is 4. The summed E-state index contributed by atoms with van der Waals surface area (Å²) >= 11 is 0. The highest BCUT2D eigenvalue weighted by Crippen LogP contribution is 2.43. The lowest BCUT2D eigenvalue weighted by atomic mass is 10.1. The van der Waals surface area contributed by atoms with Gasteiger partial charge in [-0.15, -0.1) is 0 Å². The van der Waals surface area contributed by atoms with Crippen molar-refractivity contribution >= 4 is 51.0 Å². The summed E-state index contributed by atoms with van der Waals surface area (Å²) in [6.45, 7) is 5.46. The number of ether oxygens (including phenoxy) is 3. The molecule has 0 aliphatic heterocycles. The molecule has 0 aromatic heterocycles. The van der Waals surface area contributed by atoms with Gasteiger partial charge in [0, 0.05) is 72.1 Å². The van der Waals surface area contributed by atoms with Crippen LogP contribution in [0.1, 0.15) is 271 Å². The number of hydrogen-bond donors (Lipinski definition) is 6. The molecule has 22 heteroatoms. The van der Waals surface area contributed by atoms with Gasteiger partial charge in [-0.05, 0) is 116 Å². The van der Waals surface area contributed by atoms with Gasteiger partial charge >= 0.3 is 27.4 Å². The van der Waals surface area contributed by atoms with Gasteiger partial charge in [0.15, 0.2) is 6.10 Å². The Morgan fingerprint density at radius 1 is 0.442 bits per heavy atom. The fraction of sp³-hybridized carbons (Fsp3) is 0.844. The third-order valence-electron chi connectivity index (χ3n) is 14.3. The first-order valence-electron chi connectivity index (χ1n) is 33.3. The van der Waals surface area contributed by atoms with E-state index >= 15 is 0 Å². The molecule has 0 fully saturated rings. The van der Waals surface area contributed by atoms with Gasteiger partial charge in [0.05, 0.1) is 19.8 Å². The second-order valence-electron chi connectivity index (χ2n) is 22.7. The van der Waals surface area contributed by atoms with E-state index in [1.807, 2.05) is 0 Å². The molecular formula is C64H120N4O16P2. The van der Waals surface area contributed by atoms with Crippen LogP contribution >= 0.6 is 15.4 Å². The number of methoxy groups -OCH3 is 1. The lowest BCUT2D eigenvalue weighted by molar-refractivity contribution is -0.161. The molecule has 6 N–H and O–H groups in total. The molecule has 86 heavy (non-hydrogen) atoms. The molecule has 0 saturated heterocycles. The average molecular weight is 1260 g/mol. The fourth-order valence-electron chi connectivity index (χ4n) is 9.19. The van der Waals surface area contributed by atoms with Crippen molar-refractivity contribution in [2.75, 3.05) is 66.4 Å². The summed E-state index contributed by atoms with van der Waals surface area (Å²) in [5.41, 5.74) is 0. The second kappa shape index (κ2) is 59.2. The summed E-state index contributed by atoms with van der Waals surface area (Å²) in [4.78, 5) is 96.1. The van der Waals surface area contributed by atoms with Gasteiger partial charge in [-0.3, -0.25) is 42.4 Å². The topological polar surface area (TPSA) is 281 Å². The molecule has 0 bridgehead atoms. The summed E-state index contributed by atoms with van der Waals surface area (Å²) in [5.74, 6) is -2.23. The SMILES string of the molecule is CCCCCCCC/C=C\CCCCCCCC(=O)OCC(COP(=O)(O)OCCNC(=O)CCCC(=O)NCCCCC(NC(=O)CCCCCOC)C(=O)NCCCCOP(C)(=O)O)OC(=O)CCCCCCC/C=C\CCCCCCCC. The zero-order chi connectivity index (χ0) is 63.5. The summed E-state index contributed by atoms with van der Waals surface area (Å²) in [7, 11) is -6.64. The number of esters is 2. The highest BCUT2D eigenvalue weighted by molar-refractivity contribution is 7.51. The van der Waals surface area contributed by atoms with Crippen LogP contribution in [0.5, 0.6) is 0 Å². The summed E-state index contributed by atoms with van der Waals surface area (Å²) in [5, 5.41) is 11.0. The Morgan fingerprint density at radius 3 is 1.44 bits per heavy atom. The van der Waals surface area contributed by atoms with E-state index in [1.165, 1.54) is 77.0 Å². The Labute approximate surface area is 519 Å². The fourth-order valence-corrected chi connectivity index (χ4v) is 10.4. The lowest BCUT2D eigenvalue weighted by Crippen LogP contribution is -2.47. The van der Waals surface area contributed by atoms with Gasteiger partial charge in [-0.25, -0.2) is 4.57 Å². The van der Waals surface area contributed by atoms with Gasteiger partial charge in [0.25, 0.3) is 0 Å². The minimum Gasteiger partial charge on any atom is -0.462 e. The Balaban J connectivity index is 4.84. The number of amides is 4. The van der Waals surface area contributed by atoms with E-state index in [1.54, 1.807) is 7.11 Å². The predicted octanol–water partition coefficient (Wildman–Crippen LogP) is 13.6. The van der Waals surface area contributed by atoms with E-state index in [4.69, 9.17) is 27.8 Å². The number of carbonyl (C=O) groups excluding carboxylic acids is 6. The van der Waals surface area contributed by atoms with Gasteiger partial charge in [-0.2, -0.15) is 0 Å². The summed E-state index contributed by atoms with van der Waals surface area (Å²) in [6.07, 6.45) is 42.9. The van der Waals surface area contributed by atoms with Crippen LogP contribution in [0.2, 0.25) is 0 Å². The molecule has 0 radical (unpaired) electrons. The third-order valence-corrected chi connectivity index (χ3v) is 15.9. The van der Waals surface area contributed by atoms with Crippen molar-refractivity contribution < 1.29 is 75.5 Å². The van der Waals surface area contributed by atoms with Crippen molar-refractivity contribution in [1.82, 2.24) is 21.3 Å². The van der Waals surface area contributed by atoms with Gasteiger partial charge in [0.1, 0.15) is 12.6 Å². The number of rotatable bonds is 63. The molecule has 502 valence electrons. The molecular weight excluding hydrogens is 1140 g/mol. The zero-order valence-corrected chi connectivity index (χ0v) is 55.7. The molecule has 0 aliphatic carbocycles. The molecule has 0 heterocycles. The van der Waals surface area contributed by atoms with Crippen LogP contribution in [-0.2, 0) is 65.7 Å². The molecule has 0 aliphatic rings. The normalized spacial score (nSPS) is 13.7. The number of phosphoric ester groups is 1. The Morgan fingerprint density at radius 2 is 0.895 bits per heavy atom. The molecule has 0 spiro atoms. The van der Waals surface area contributed by atoms with Crippen LogP contribution in [0.15, 0.2) is 24.3 Å². The van der Waals surface area contributed by atoms with E-state index in [9.17, 15) is 47.7 Å². The van der Waals surface area contributed by atoms with Crippen molar-refractivity contribution in [3.63, 3.8) is 0 Å². The van der Waals surface area contributed by atoms with E-state index < -0.39 is 52.0 Å². The van der Waals surface area contributed by atoms with E-state index in [2.05, 4.69) is 59.4 Å². The van der Waals surface area contributed by atoms with E-state index in [0.29, 0.717) is 71.1 Å². The van der Waals surface area contributed by atoms with Crippen LogP contribution in [0, 0.1) is 0 Å². The average Bonchev–Trinajstić information content (AvgIpc) is 3.58. The number of phosphoric acid groups is 1. The number of hydrogen-bond acceptors (Lipinski definition) is 14. The van der Waals surface area contributed by atoms with Crippen LogP contribution in [0.25, 0.3) is 0 Å². The standard InChI is InChI=1S/C64H120N4O16P2/c1-5-7-9-11-13-15-17-19-21-23-25-27-29-31-35-47-62(72)80-55-57(84-63(73)48-36-32-30-28-26-24-22-20-18-16-14-12-10-8-6-2)56-83-86(77,78)82-54-51-66-60(70)46-42-45-59(69)65-49-38-37-43-58(68-61(71)44-34-33-40-52-79-3)64(74)67-50-39-41-53-81-85(4,75)76/h19-22,57-58H,5-18,23-56H2,1-4H3,(H,65,69)(H,66,70)(H,67,74)(H,68,71)(H,75,76)(H,77,78)/b21-19-,22-20-. The molecule has 4 unspecified atom stereocenters. The largest absolute Gasteiger partial charge is 0.472 e. The molecule has 20 nitrogen and oxygen atoms in total. The lowest BCUT2D eigenvalue weighted by Gasteiger charge is -2.20. The maximum Gasteiger partial charge on any atom is 0.472 e. The zero-order valence-electron chi connectivity index (χ0n) is 53.9. The van der Waals surface area contributed by atoms with Crippen molar-refractivity contribution in [1.29, 1.82) is 0 Å². The first-order valence-corrected chi connectivity index (χ1v) is 36.8. The first-order chi connectivity index (χ1) is 41.5. The van der Waals surface area contributed by atoms with Crippen LogP contribution in [-0.4, -0.2) is 124 Å². The minimum absolute atomic E-state index is 0.0114. The summed E-state index contributed by atoms with van der Waals surface area (Å²) < 4.78 is 55.4. The smallest absolute Gasteiger partial charge is 0.462 e. The van der Waals surface area contributed by atoms with Crippen molar-refractivity contribution in [3.05, 3.63) is 24.3 Å². The number of nitrogens with one attached hydrogen (secondary N) is 4. The minimum atomic E-state index is -4.69.